The maximum atomic E-state index is 12.6. The molecule has 0 fully saturated rings. The van der Waals surface area contributed by atoms with Crippen molar-refractivity contribution in [3.8, 4) is 0 Å². The highest BCUT2D eigenvalue weighted by molar-refractivity contribution is 7.98. The molecule has 0 aliphatic heterocycles. The minimum atomic E-state index is -4.35. The number of benzene rings is 1. The van der Waals surface area contributed by atoms with Crippen molar-refractivity contribution in [2.75, 3.05) is 12.0 Å². The van der Waals surface area contributed by atoms with Gasteiger partial charge in [0.2, 0.25) is 0 Å². The molecule has 2 aromatic rings. The third-order valence-corrected chi connectivity index (χ3v) is 4.42. The molecule has 0 saturated heterocycles. The van der Waals surface area contributed by atoms with Gasteiger partial charge in [-0.15, -0.1) is 0 Å². The van der Waals surface area contributed by atoms with Crippen LogP contribution in [0.4, 0.5) is 13.2 Å². The first-order chi connectivity index (χ1) is 12.3. The Labute approximate surface area is 153 Å². The number of thioether (sulfide) groups is 1. The Balaban J connectivity index is 1.92. The van der Waals surface area contributed by atoms with Crippen molar-refractivity contribution >= 4 is 17.7 Å². The summed E-state index contributed by atoms with van der Waals surface area (Å²) < 4.78 is 39.3. The summed E-state index contributed by atoms with van der Waals surface area (Å²) in [6.45, 7) is 0.700. The van der Waals surface area contributed by atoms with Crippen LogP contribution in [0.15, 0.2) is 36.7 Å². The van der Waals surface area contributed by atoms with E-state index in [1.54, 1.807) is 28.8 Å². The van der Waals surface area contributed by atoms with Gasteiger partial charge in [-0.2, -0.15) is 30.0 Å². The van der Waals surface area contributed by atoms with Crippen LogP contribution in [0.5, 0.6) is 0 Å². The molecule has 0 aliphatic rings. The molecule has 1 atom stereocenters. The van der Waals surface area contributed by atoms with E-state index in [0.29, 0.717) is 25.1 Å². The van der Waals surface area contributed by atoms with Crippen molar-refractivity contribution in [3.05, 3.63) is 53.3 Å². The first-order valence-electron chi connectivity index (χ1n) is 7.92. The van der Waals surface area contributed by atoms with E-state index < -0.39 is 23.8 Å². The fourth-order valence-corrected chi connectivity index (χ4v) is 2.83. The molecule has 0 radical (unpaired) electrons. The number of aromatic nitrogens is 2. The molecule has 2 N–H and O–H groups in total. The first-order valence-corrected chi connectivity index (χ1v) is 9.31. The molecule has 0 aliphatic carbocycles. The van der Waals surface area contributed by atoms with Crippen LogP contribution in [0.1, 0.15) is 23.1 Å². The highest BCUT2D eigenvalue weighted by Gasteiger charge is 2.29. The smallest absolute Gasteiger partial charge is 0.416 e. The fourth-order valence-electron chi connectivity index (χ4n) is 2.36. The second kappa shape index (κ2) is 9.09. The lowest BCUT2D eigenvalue weighted by molar-refractivity contribution is -0.139. The molecule has 9 heteroatoms. The Bertz CT molecular complexity index is 717. The SMILES string of the molecule is CSCC[C@H](NCc1cnn(Cc2ccc(C(F)(F)F)cc2)c1)C(=O)O. The Morgan fingerprint density at radius 3 is 2.58 bits per heavy atom. The van der Waals surface area contributed by atoms with E-state index in [9.17, 15) is 23.1 Å². The van der Waals surface area contributed by atoms with Gasteiger partial charge in [0.25, 0.3) is 0 Å². The average Bonchev–Trinajstić information content (AvgIpc) is 3.01. The number of aliphatic carboxylic acids is 1. The Morgan fingerprint density at radius 1 is 1.31 bits per heavy atom. The lowest BCUT2D eigenvalue weighted by Crippen LogP contribution is -2.36. The molecular weight excluding hydrogens is 367 g/mol. The maximum absolute atomic E-state index is 12.6. The normalized spacial score (nSPS) is 12.9. The number of nitrogens with one attached hydrogen (secondary N) is 1. The second-order valence-corrected chi connectivity index (χ2v) is 6.78. The lowest BCUT2D eigenvalue weighted by atomic mass is 10.1. The maximum Gasteiger partial charge on any atom is 0.416 e. The van der Waals surface area contributed by atoms with Crippen LogP contribution in [0.3, 0.4) is 0 Å². The van der Waals surface area contributed by atoms with Gasteiger partial charge >= 0.3 is 12.1 Å². The number of carbonyl (C=O) groups is 1. The van der Waals surface area contributed by atoms with Crippen LogP contribution >= 0.6 is 11.8 Å². The summed E-state index contributed by atoms with van der Waals surface area (Å²) >= 11 is 1.59. The van der Waals surface area contributed by atoms with E-state index in [4.69, 9.17) is 0 Å². The van der Waals surface area contributed by atoms with Crippen molar-refractivity contribution < 1.29 is 23.1 Å². The highest BCUT2D eigenvalue weighted by atomic mass is 32.2. The van der Waals surface area contributed by atoms with Crippen molar-refractivity contribution in [2.45, 2.75) is 31.7 Å². The molecule has 142 valence electrons. The summed E-state index contributed by atoms with van der Waals surface area (Å²) in [6.07, 6.45) is 1.46. The zero-order valence-electron chi connectivity index (χ0n) is 14.2. The van der Waals surface area contributed by atoms with E-state index >= 15 is 0 Å². The molecule has 1 aromatic heterocycles. The monoisotopic (exact) mass is 387 g/mol. The van der Waals surface area contributed by atoms with Crippen molar-refractivity contribution in [1.82, 2.24) is 15.1 Å². The van der Waals surface area contributed by atoms with Crippen LogP contribution in [-0.4, -0.2) is 38.9 Å². The van der Waals surface area contributed by atoms with Crippen LogP contribution in [0.2, 0.25) is 0 Å². The van der Waals surface area contributed by atoms with Crippen molar-refractivity contribution in [1.29, 1.82) is 0 Å². The molecule has 2 rings (SSSR count). The Morgan fingerprint density at radius 2 is 2.00 bits per heavy atom. The summed E-state index contributed by atoms with van der Waals surface area (Å²) in [5, 5.41) is 16.3. The molecule has 0 bridgehead atoms. The van der Waals surface area contributed by atoms with Crippen LogP contribution in [0.25, 0.3) is 0 Å². The van der Waals surface area contributed by atoms with Crippen LogP contribution < -0.4 is 5.32 Å². The number of carboxylic acid groups (broad SMARTS) is 1. The van der Waals surface area contributed by atoms with Gasteiger partial charge in [0.15, 0.2) is 0 Å². The van der Waals surface area contributed by atoms with Gasteiger partial charge in [-0.1, -0.05) is 12.1 Å². The molecule has 26 heavy (non-hydrogen) atoms. The number of hydrogen-bond donors (Lipinski definition) is 2. The molecule has 0 saturated carbocycles. The van der Waals surface area contributed by atoms with Gasteiger partial charge < -0.3 is 10.4 Å². The zero-order valence-corrected chi connectivity index (χ0v) is 15.0. The summed E-state index contributed by atoms with van der Waals surface area (Å²) in [4.78, 5) is 11.2. The number of carboxylic acids is 1. The summed E-state index contributed by atoms with van der Waals surface area (Å²) in [6, 6.07) is 4.31. The topological polar surface area (TPSA) is 67.2 Å². The molecule has 5 nitrogen and oxygen atoms in total. The predicted octanol–water partition coefficient (Wildman–Crippen LogP) is 3.25. The highest BCUT2D eigenvalue weighted by Crippen LogP contribution is 2.29. The van der Waals surface area contributed by atoms with Gasteiger partial charge in [-0.3, -0.25) is 9.48 Å². The molecule has 1 heterocycles. The van der Waals surface area contributed by atoms with Gasteiger partial charge in [-0.05, 0) is 36.1 Å². The predicted molar refractivity (Wildman–Crippen MR) is 94.0 cm³/mol. The Kier molecular flexibility index (Phi) is 7.10. The minimum absolute atomic E-state index is 0.340. The summed E-state index contributed by atoms with van der Waals surface area (Å²) in [7, 11) is 0. The summed E-state index contributed by atoms with van der Waals surface area (Å²) in [5.41, 5.74) is 0.827. The van der Waals surface area contributed by atoms with Gasteiger partial charge in [0, 0.05) is 18.3 Å². The number of hydrogen-bond acceptors (Lipinski definition) is 4. The molecule has 0 amide bonds. The van der Waals surface area contributed by atoms with Crippen molar-refractivity contribution in [2.24, 2.45) is 0 Å². The number of rotatable bonds is 9. The van der Waals surface area contributed by atoms with E-state index in [1.165, 1.54) is 12.1 Å². The lowest BCUT2D eigenvalue weighted by Gasteiger charge is -2.12. The third-order valence-electron chi connectivity index (χ3n) is 3.77. The molecular formula is C17H20F3N3O2S. The van der Waals surface area contributed by atoms with Gasteiger partial charge in [0.05, 0.1) is 18.3 Å². The third kappa shape index (κ3) is 6.06. The second-order valence-electron chi connectivity index (χ2n) is 5.79. The van der Waals surface area contributed by atoms with Gasteiger partial charge in [-0.25, -0.2) is 0 Å². The number of nitrogens with zero attached hydrogens (tertiary/aromatic N) is 2. The largest absolute Gasteiger partial charge is 0.480 e. The van der Waals surface area contributed by atoms with Crippen LogP contribution in [0, 0.1) is 0 Å². The fraction of sp³-hybridized carbons (Fsp3) is 0.412. The van der Waals surface area contributed by atoms with E-state index in [0.717, 1.165) is 23.4 Å². The molecule has 1 aromatic carbocycles. The number of alkyl halides is 3. The Hall–Kier alpha value is -2.00. The minimum Gasteiger partial charge on any atom is -0.480 e. The van der Waals surface area contributed by atoms with E-state index in [-0.39, 0.29) is 0 Å². The molecule has 0 spiro atoms. The van der Waals surface area contributed by atoms with E-state index in [2.05, 4.69) is 10.4 Å². The quantitative estimate of drug-likeness (QED) is 0.691. The van der Waals surface area contributed by atoms with Crippen molar-refractivity contribution in [3.63, 3.8) is 0 Å². The number of halogens is 3. The van der Waals surface area contributed by atoms with Gasteiger partial charge in [0.1, 0.15) is 6.04 Å². The average molecular weight is 387 g/mol. The zero-order chi connectivity index (χ0) is 19.2. The first kappa shape index (κ1) is 20.3. The standard InChI is InChI=1S/C17H20F3N3O2S/c1-26-7-6-15(16(24)25)21-8-13-9-22-23(11-13)10-12-2-4-14(5-3-12)17(18,19)20/h2-5,9,11,15,21H,6-8,10H2,1H3,(H,24,25)/t15-/m0/s1. The van der Waals surface area contributed by atoms with E-state index in [1.807, 2.05) is 6.26 Å². The molecule has 0 unspecified atom stereocenters. The summed E-state index contributed by atoms with van der Waals surface area (Å²) in [5.74, 6) is -0.145. The van der Waals surface area contributed by atoms with Crippen LogP contribution in [-0.2, 0) is 24.1 Å².